The van der Waals surface area contributed by atoms with E-state index in [9.17, 15) is 4.79 Å². The van der Waals surface area contributed by atoms with Gasteiger partial charge in [0.1, 0.15) is 5.78 Å². The molecule has 3 heteroatoms. The number of hydrogen-bond acceptors (Lipinski definition) is 2. The predicted octanol–water partition coefficient (Wildman–Crippen LogP) is 4.32. The first-order chi connectivity index (χ1) is 7.60. The largest absolute Gasteiger partial charge is 0.413 e. The summed E-state index contributed by atoms with van der Waals surface area (Å²) in [6.45, 7) is 16.5. The minimum Gasteiger partial charge on any atom is -0.413 e. The fourth-order valence-corrected chi connectivity index (χ4v) is 2.81. The van der Waals surface area contributed by atoms with Gasteiger partial charge in [-0.25, -0.2) is 0 Å². The molecule has 0 aliphatic heterocycles. The molecule has 100 valence electrons. The number of Topliss-reactive ketones (excluding diaryl/α,β-unsaturated/α-hetero) is 1. The lowest BCUT2D eigenvalue weighted by molar-refractivity contribution is -0.118. The molecule has 0 aromatic carbocycles. The Hall–Kier alpha value is -0.413. The zero-order valence-corrected chi connectivity index (χ0v) is 13.3. The van der Waals surface area contributed by atoms with Crippen molar-refractivity contribution >= 4 is 14.1 Å². The van der Waals surface area contributed by atoms with Gasteiger partial charge in [0.05, 0.1) is 6.10 Å². The van der Waals surface area contributed by atoms with Crippen molar-refractivity contribution in [2.75, 3.05) is 0 Å². The molecule has 17 heavy (non-hydrogen) atoms. The minimum absolute atomic E-state index is 0.0615. The summed E-state index contributed by atoms with van der Waals surface area (Å²) < 4.78 is 6.29. The highest BCUT2D eigenvalue weighted by molar-refractivity contribution is 6.74. The molecule has 0 aromatic heterocycles. The third-order valence-corrected chi connectivity index (χ3v) is 8.01. The highest BCUT2D eigenvalue weighted by Gasteiger charge is 2.39. The van der Waals surface area contributed by atoms with Gasteiger partial charge in [-0.2, -0.15) is 0 Å². The van der Waals surface area contributed by atoms with E-state index in [1.165, 1.54) is 0 Å². The van der Waals surface area contributed by atoms with E-state index >= 15 is 0 Å². The van der Waals surface area contributed by atoms with Crippen molar-refractivity contribution in [1.29, 1.82) is 0 Å². The zero-order chi connectivity index (χ0) is 13.7. The molecule has 0 radical (unpaired) electrons. The number of hydrogen-bond donors (Lipinski definition) is 0. The molecule has 0 aliphatic carbocycles. The topological polar surface area (TPSA) is 26.3 Å². The zero-order valence-electron chi connectivity index (χ0n) is 12.3. The monoisotopic (exact) mass is 256 g/mol. The Morgan fingerprint density at radius 1 is 1.41 bits per heavy atom. The predicted molar refractivity (Wildman–Crippen MR) is 76.8 cm³/mol. The Morgan fingerprint density at radius 3 is 2.29 bits per heavy atom. The van der Waals surface area contributed by atoms with Crippen LogP contribution in [-0.4, -0.2) is 20.2 Å². The lowest BCUT2D eigenvalue weighted by atomic mass is 10.1. The van der Waals surface area contributed by atoms with Gasteiger partial charge in [-0.3, -0.25) is 4.79 Å². The van der Waals surface area contributed by atoms with Gasteiger partial charge in [-0.15, -0.1) is 6.58 Å². The Labute approximate surface area is 108 Å². The summed E-state index contributed by atoms with van der Waals surface area (Å²) in [5.41, 5.74) is 0. The third kappa shape index (κ3) is 6.17. The molecule has 0 rings (SSSR count). The van der Waals surface area contributed by atoms with E-state index in [4.69, 9.17) is 4.43 Å². The molecular formula is C14H28O2Si. The van der Waals surface area contributed by atoms with E-state index in [-0.39, 0.29) is 16.9 Å². The summed E-state index contributed by atoms with van der Waals surface area (Å²) in [4.78, 5) is 11.3. The molecule has 0 fully saturated rings. The molecule has 0 saturated heterocycles. The van der Waals surface area contributed by atoms with Crippen LogP contribution in [0.25, 0.3) is 0 Å². The van der Waals surface area contributed by atoms with Gasteiger partial charge in [-0.05, 0) is 37.9 Å². The Balaban J connectivity index is 4.61. The van der Waals surface area contributed by atoms with E-state index in [0.29, 0.717) is 6.42 Å². The Kier molecular flexibility index (Phi) is 6.34. The smallest absolute Gasteiger partial charge is 0.192 e. The first-order valence-corrected chi connectivity index (χ1v) is 9.29. The molecule has 0 bridgehead atoms. The van der Waals surface area contributed by atoms with Crippen LogP contribution in [0.3, 0.4) is 0 Å². The number of carbonyl (C=O) groups is 1. The Bertz CT molecular complexity index is 264. The highest BCUT2D eigenvalue weighted by Crippen LogP contribution is 2.38. The molecule has 1 unspecified atom stereocenters. The van der Waals surface area contributed by atoms with Crippen molar-refractivity contribution in [2.45, 2.75) is 71.2 Å². The molecule has 2 nitrogen and oxygen atoms in total. The lowest BCUT2D eigenvalue weighted by Crippen LogP contribution is -2.44. The van der Waals surface area contributed by atoms with E-state index in [1.807, 2.05) is 6.08 Å². The van der Waals surface area contributed by atoms with E-state index in [0.717, 1.165) is 12.8 Å². The van der Waals surface area contributed by atoms with Gasteiger partial charge in [0.2, 0.25) is 0 Å². The number of carbonyl (C=O) groups excluding carboxylic acids is 1. The molecular weight excluding hydrogens is 228 g/mol. The average Bonchev–Trinajstić information content (AvgIpc) is 2.10. The van der Waals surface area contributed by atoms with Crippen LogP contribution in [0.4, 0.5) is 0 Å². The van der Waals surface area contributed by atoms with Crippen LogP contribution < -0.4 is 0 Å². The lowest BCUT2D eigenvalue weighted by Gasteiger charge is -2.39. The first kappa shape index (κ1) is 16.6. The van der Waals surface area contributed by atoms with Gasteiger partial charge in [0.15, 0.2) is 8.32 Å². The van der Waals surface area contributed by atoms with E-state index in [1.54, 1.807) is 6.92 Å². The second-order valence-corrected chi connectivity index (χ2v) is 11.0. The van der Waals surface area contributed by atoms with Crippen LogP contribution in [0.2, 0.25) is 18.1 Å². The maximum absolute atomic E-state index is 11.3. The maximum atomic E-state index is 11.3. The fourth-order valence-electron chi connectivity index (χ4n) is 1.42. The quantitative estimate of drug-likeness (QED) is 0.501. The summed E-state index contributed by atoms with van der Waals surface area (Å²) >= 11 is 0. The second kappa shape index (κ2) is 6.50. The average molecular weight is 256 g/mol. The third-order valence-electron chi connectivity index (χ3n) is 3.48. The molecule has 0 heterocycles. The number of allylic oxidation sites excluding steroid dienone is 1. The summed E-state index contributed by atoms with van der Waals surface area (Å²) in [7, 11) is -1.77. The van der Waals surface area contributed by atoms with Crippen molar-refractivity contribution in [3.05, 3.63) is 12.7 Å². The van der Waals surface area contributed by atoms with Crippen molar-refractivity contribution in [3.63, 3.8) is 0 Å². The Morgan fingerprint density at radius 2 is 1.94 bits per heavy atom. The maximum Gasteiger partial charge on any atom is 0.192 e. The molecule has 0 spiro atoms. The number of ketones is 1. The molecule has 0 amide bonds. The van der Waals surface area contributed by atoms with Crippen LogP contribution in [0.5, 0.6) is 0 Å². The molecule has 0 aliphatic rings. The molecule has 0 N–H and O–H groups in total. The standard InChI is InChI=1S/C14H28O2Si/c1-8-9-10-13(11-12(2)15)16-17(6,7)14(3,4)5/h8,13H,1,9-11H2,2-7H3. The van der Waals surface area contributed by atoms with Gasteiger partial charge >= 0.3 is 0 Å². The van der Waals surface area contributed by atoms with E-state index in [2.05, 4.69) is 40.4 Å². The van der Waals surface area contributed by atoms with Gasteiger partial charge in [-0.1, -0.05) is 26.8 Å². The highest BCUT2D eigenvalue weighted by atomic mass is 28.4. The van der Waals surface area contributed by atoms with Crippen LogP contribution in [0.1, 0.15) is 47.0 Å². The van der Waals surface area contributed by atoms with Crippen molar-refractivity contribution in [3.8, 4) is 0 Å². The summed E-state index contributed by atoms with van der Waals surface area (Å²) in [6.07, 6.45) is 4.29. The van der Waals surface area contributed by atoms with Crippen molar-refractivity contribution in [1.82, 2.24) is 0 Å². The molecule has 1 atom stereocenters. The summed E-state index contributed by atoms with van der Waals surface area (Å²) in [6, 6.07) is 0. The fraction of sp³-hybridized carbons (Fsp3) is 0.786. The van der Waals surface area contributed by atoms with Crippen molar-refractivity contribution in [2.24, 2.45) is 0 Å². The summed E-state index contributed by atoms with van der Waals surface area (Å²) in [5, 5.41) is 0.191. The normalized spacial score (nSPS) is 14.5. The van der Waals surface area contributed by atoms with Crippen LogP contribution in [-0.2, 0) is 9.22 Å². The molecule has 0 saturated carbocycles. The molecule has 0 aromatic rings. The van der Waals surface area contributed by atoms with Gasteiger partial charge in [0, 0.05) is 6.42 Å². The summed E-state index contributed by atoms with van der Waals surface area (Å²) in [5.74, 6) is 0.206. The number of rotatable bonds is 7. The van der Waals surface area contributed by atoms with Gasteiger partial charge in [0.25, 0.3) is 0 Å². The van der Waals surface area contributed by atoms with Crippen LogP contribution in [0.15, 0.2) is 12.7 Å². The minimum atomic E-state index is -1.77. The van der Waals surface area contributed by atoms with E-state index < -0.39 is 8.32 Å². The van der Waals surface area contributed by atoms with Crippen molar-refractivity contribution < 1.29 is 9.22 Å². The van der Waals surface area contributed by atoms with Gasteiger partial charge < -0.3 is 4.43 Å². The first-order valence-electron chi connectivity index (χ1n) is 6.38. The van der Waals surface area contributed by atoms with Crippen LogP contribution >= 0.6 is 0 Å². The SMILES string of the molecule is C=CCCC(CC(C)=O)O[Si](C)(C)C(C)(C)C. The second-order valence-electron chi connectivity index (χ2n) is 6.27. The van der Waals surface area contributed by atoms with Crippen LogP contribution in [0, 0.1) is 0 Å².